The van der Waals surface area contributed by atoms with E-state index in [1.54, 1.807) is 7.11 Å². The number of phenolic OH excluding ortho intramolecular Hbond substituents is 1. The molecule has 6 nitrogen and oxygen atoms in total. The van der Waals surface area contributed by atoms with Crippen molar-refractivity contribution in [1.82, 2.24) is 15.1 Å². The number of nitrogens with zero attached hydrogens (tertiary/aromatic N) is 2. The molecule has 6 heteroatoms. The van der Waals surface area contributed by atoms with E-state index in [4.69, 9.17) is 4.74 Å². The van der Waals surface area contributed by atoms with E-state index in [1.165, 1.54) is 25.7 Å². The second-order valence-corrected chi connectivity index (χ2v) is 7.97. The predicted molar refractivity (Wildman–Crippen MR) is 119 cm³/mol. The van der Waals surface area contributed by atoms with E-state index in [9.17, 15) is 5.11 Å². The third-order valence-electron chi connectivity index (χ3n) is 5.57. The predicted octanol–water partition coefficient (Wildman–Crippen LogP) is 3.61. The molecule has 29 heavy (non-hydrogen) atoms. The van der Waals surface area contributed by atoms with Gasteiger partial charge in [-0.3, -0.25) is 9.80 Å². The number of benzene rings is 1. The van der Waals surface area contributed by atoms with E-state index in [-0.39, 0.29) is 0 Å². The van der Waals surface area contributed by atoms with Gasteiger partial charge in [-0.1, -0.05) is 6.08 Å². The maximum absolute atomic E-state index is 11.0. The van der Waals surface area contributed by atoms with Gasteiger partial charge in [0.1, 0.15) is 12.5 Å². The van der Waals surface area contributed by atoms with Crippen LogP contribution in [0.5, 0.6) is 5.75 Å². The van der Waals surface area contributed by atoms with Gasteiger partial charge in [0.2, 0.25) is 0 Å². The zero-order valence-electron chi connectivity index (χ0n) is 17.9. The fourth-order valence-corrected chi connectivity index (χ4v) is 4.14. The largest absolute Gasteiger partial charge is 0.507 e. The highest BCUT2D eigenvalue weighted by Gasteiger charge is 2.19. The number of aromatic hydroxyl groups is 1. The lowest BCUT2D eigenvalue weighted by molar-refractivity contribution is 0.187. The van der Waals surface area contributed by atoms with Gasteiger partial charge < -0.3 is 20.5 Å². The van der Waals surface area contributed by atoms with Gasteiger partial charge in [-0.2, -0.15) is 0 Å². The Kier molecular flexibility index (Phi) is 8.40. The molecule has 2 aliphatic heterocycles. The van der Waals surface area contributed by atoms with Crippen LogP contribution in [0, 0.1) is 0 Å². The van der Waals surface area contributed by atoms with E-state index in [0.29, 0.717) is 12.5 Å². The summed E-state index contributed by atoms with van der Waals surface area (Å²) in [6, 6.07) is 4.18. The fraction of sp³-hybridized carbons (Fsp3) is 0.565. The van der Waals surface area contributed by atoms with Crippen molar-refractivity contribution in [2.75, 3.05) is 45.3 Å². The molecule has 3 rings (SSSR count). The first-order valence-corrected chi connectivity index (χ1v) is 10.8. The number of phenols is 1. The summed E-state index contributed by atoms with van der Waals surface area (Å²) in [5, 5.41) is 17.6. The Bertz CT molecular complexity index is 666. The van der Waals surface area contributed by atoms with Crippen molar-refractivity contribution >= 4 is 5.69 Å². The van der Waals surface area contributed by atoms with Crippen molar-refractivity contribution < 1.29 is 9.84 Å². The molecule has 0 atom stereocenters. The average molecular weight is 401 g/mol. The highest BCUT2D eigenvalue weighted by Crippen LogP contribution is 2.31. The highest BCUT2D eigenvalue weighted by molar-refractivity contribution is 5.59. The molecule has 0 bridgehead atoms. The third-order valence-corrected chi connectivity index (χ3v) is 5.57. The van der Waals surface area contributed by atoms with Crippen LogP contribution in [-0.4, -0.2) is 54.9 Å². The second-order valence-electron chi connectivity index (χ2n) is 7.97. The van der Waals surface area contributed by atoms with Crippen LogP contribution < -0.4 is 10.6 Å². The smallest absolute Gasteiger partial charge is 0.124 e. The summed E-state index contributed by atoms with van der Waals surface area (Å²) in [4.78, 5) is 4.86. The van der Waals surface area contributed by atoms with Crippen LogP contribution in [-0.2, 0) is 17.8 Å². The zero-order valence-corrected chi connectivity index (χ0v) is 17.9. The van der Waals surface area contributed by atoms with Crippen LogP contribution in [0.1, 0.15) is 43.7 Å². The Hall–Kier alpha value is -2.02. The molecule has 0 spiro atoms. The molecular weight excluding hydrogens is 364 g/mol. The lowest BCUT2D eigenvalue weighted by atomic mass is 10.1. The minimum Gasteiger partial charge on any atom is -0.507 e. The van der Waals surface area contributed by atoms with Crippen LogP contribution in [0.25, 0.3) is 0 Å². The van der Waals surface area contributed by atoms with Gasteiger partial charge in [0.05, 0.1) is 5.70 Å². The summed E-state index contributed by atoms with van der Waals surface area (Å²) >= 11 is 0. The van der Waals surface area contributed by atoms with Gasteiger partial charge in [0.15, 0.2) is 0 Å². The van der Waals surface area contributed by atoms with E-state index >= 15 is 0 Å². The number of anilines is 1. The lowest BCUT2D eigenvalue weighted by Crippen LogP contribution is -2.21. The van der Waals surface area contributed by atoms with Gasteiger partial charge in [-0.05, 0) is 77.0 Å². The second kappa shape index (κ2) is 11.2. The minimum atomic E-state index is 0.457. The number of hydrogen-bond acceptors (Lipinski definition) is 6. The molecule has 2 heterocycles. The standard InChI is InChI=1S/C23H36N4O2/c1-3-8-21(15-24-18-29-2)25-22-13-19(16-26-9-4-5-10-26)23(28)20(14-22)17-27-11-6-7-12-27/h3,8,13-15,24-25,28H,4-7,9-12,16-18H2,1-2H3/b8-3+,21-15-. The Morgan fingerprint density at radius 1 is 1.03 bits per heavy atom. The van der Waals surface area contributed by atoms with Gasteiger partial charge in [-0.25, -0.2) is 0 Å². The van der Waals surface area contributed by atoms with Gasteiger partial charge in [0.25, 0.3) is 0 Å². The molecule has 0 radical (unpaired) electrons. The minimum absolute atomic E-state index is 0.457. The summed E-state index contributed by atoms with van der Waals surface area (Å²) in [6.45, 7) is 8.52. The van der Waals surface area contributed by atoms with E-state index < -0.39 is 0 Å². The topological polar surface area (TPSA) is 60.0 Å². The number of hydrogen-bond donors (Lipinski definition) is 3. The van der Waals surface area contributed by atoms with Crippen LogP contribution in [0.3, 0.4) is 0 Å². The van der Waals surface area contributed by atoms with Crippen LogP contribution in [0.2, 0.25) is 0 Å². The number of allylic oxidation sites excluding steroid dienone is 2. The van der Waals surface area contributed by atoms with Gasteiger partial charge >= 0.3 is 0 Å². The molecule has 2 fully saturated rings. The first-order valence-electron chi connectivity index (χ1n) is 10.8. The van der Waals surface area contributed by atoms with Crippen molar-refractivity contribution in [3.05, 3.63) is 47.3 Å². The molecule has 0 aliphatic carbocycles. The summed E-state index contributed by atoms with van der Waals surface area (Å²) in [7, 11) is 1.67. The normalized spacial score (nSPS) is 18.8. The van der Waals surface area contributed by atoms with Crippen molar-refractivity contribution in [3.63, 3.8) is 0 Å². The Morgan fingerprint density at radius 2 is 1.59 bits per heavy atom. The number of methoxy groups -OCH3 is 1. The molecule has 0 saturated carbocycles. The quantitative estimate of drug-likeness (QED) is 0.241. The highest BCUT2D eigenvalue weighted by atomic mass is 16.5. The Morgan fingerprint density at radius 3 is 2.07 bits per heavy atom. The SMILES string of the molecule is C/C=C/C(=C/NCOC)Nc1cc(CN2CCCC2)c(O)c(CN2CCCC2)c1. The number of rotatable bonds is 10. The average Bonchev–Trinajstić information content (AvgIpc) is 3.40. The number of nitrogens with one attached hydrogen (secondary N) is 2. The number of likely N-dealkylation sites (tertiary alicyclic amines) is 2. The summed E-state index contributed by atoms with van der Waals surface area (Å²) < 4.78 is 5.07. The van der Waals surface area contributed by atoms with Crippen molar-refractivity contribution in [3.8, 4) is 5.75 Å². The molecule has 0 unspecified atom stereocenters. The van der Waals surface area contributed by atoms with E-state index in [0.717, 1.165) is 61.8 Å². The molecule has 160 valence electrons. The molecule has 3 N–H and O–H groups in total. The third kappa shape index (κ3) is 6.49. The van der Waals surface area contributed by atoms with Crippen molar-refractivity contribution in [2.24, 2.45) is 0 Å². The van der Waals surface area contributed by atoms with Crippen LogP contribution in [0.4, 0.5) is 5.69 Å². The maximum Gasteiger partial charge on any atom is 0.124 e. The van der Waals surface area contributed by atoms with Gasteiger partial charge in [-0.15, -0.1) is 0 Å². The first kappa shape index (κ1) is 21.7. The van der Waals surface area contributed by atoms with Crippen LogP contribution in [0.15, 0.2) is 36.2 Å². The maximum atomic E-state index is 11.0. The molecule has 2 aliphatic rings. The first-order chi connectivity index (χ1) is 14.2. The molecule has 2 saturated heterocycles. The lowest BCUT2D eigenvalue weighted by Gasteiger charge is -2.21. The Balaban J connectivity index is 1.83. The zero-order chi connectivity index (χ0) is 20.5. The number of ether oxygens (including phenoxy) is 1. The summed E-state index contributed by atoms with van der Waals surface area (Å²) in [5.41, 5.74) is 3.98. The molecule has 1 aromatic rings. The van der Waals surface area contributed by atoms with E-state index in [1.807, 2.05) is 25.3 Å². The molecule has 0 aromatic heterocycles. The summed E-state index contributed by atoms with van der Waals surface area (Å²) in [6.07, 6.45) is 10.9. The Labute approximate surface area is 175 Å². The van der Waals surface area contributed by atoms with Crippen molar-refractivity contribution in [2.45, 2.75) is 45.7 Å². The summed E-state index contributed by atoms with van der Waals surface area (Å²) in [5.74, 6) is 0.462. The van der Waals surface area contributed by atoms with Gasteiger partial charge in [0, 0.05) is 43.2 Å². The van der Waals surface area contributed by atoms with E-state index in [2.05, 4.69) is 32.6 Å². The van der Waals surface area contributed by atoms with Crippen molar-refractivity contribution in [1.29, 1.82) is 0 Å². The monoisotopic (exact) mass is 400 g/mol. The molecule has 1 aromatic carbocycles. The molecular formula is C23H36N4O2. The fourth-order valence-electron chi connectivity index (χ4n) is 4.14. The molecule has 0 amide bonds. The van der Waals surface area contributed by atoms with Crippen LogP contribution >= 0.6 is 0 Å².